The van der Waals surface area contributed by atoms with Crippen molar-refractivity contribution in [2.75, 3.05) is 13.2 Å². The van der Waals surface area contributed by atoms with E-state index in [9.17, 15) is 9.59 Å². The van der Waals surface area contributed by atoms with E-state index in [2.05, 4.69) is 10.9 Å². The van der Waals surface area contributed by atoms with Gasteiger partial charge in [-0.05, 0) is 48.5 Å². The van der Waals surface area contributed by atoms with Gasteiger partial charge < -0.3 is 9.47 Å². The summed E-state index contributed by atoms with van der Waals surface area (Å²) in [5.41, 5.74) is 5.18. The Morgan fingerprint density at radius 3 is 2.13 bits per heavy atom. The number of benzene rings is 3. The number of hydrazine groups is 1. The average Bonchev–Trinajstić information content (AvgIpc) is 2.76. The molecule has 0 radical (unpaired) electrons. The topological polar surface area (TPSA) is 76.7 Å². The molecule has 0 saturated carbocycles. The summed E-state index contributed by atoms with van der Waals surface area (Å²) in [5.74, 6) is 0.201. The molecule has 3 aromatic rings. The first kappa shape index (κ1) is 21.5. The van der Waals surface area contributed by atoms with Gasteiger partial charge in [-0.15, -0.1) is 0 Å². The van der Waals surface area contributed by atoms with Crippen LogP contribution in [0.2, 0.25) is 10.0 Å². The van der Waals surface area contributed by atoms with Crippen LogP contribution in [-0.2, 0) is 0 Å². The van der Waals surface area contributed by atoms with E-state index in [0.717, 1.165) is 5.75 Å². The zero-order valence-electron chi connectivity index (χ0n) is 15.7. The molecule has 3 aromatic carbocycles. The van der Waals surface area contributed by atoms with E-state index in [4.69, 9.17) is 32.7 Å². The van der Waals surface area contributed by atoms with Gasteiger partial charge >= 0.3 is 0 Å². The van der Waals surface area contributed by atoms with Crippen LogP contribution in [0.5, 0.6) is 11.5 Å². The second-order valence-corrected chi connectivity index (χ2v) is 6.91. The highest BCUT2D eigenvalue weighted by Gasteiger charge is 2.13. The Bertz CT molecular complexity index is 1030. The first-order valence-electron chi connectivity index (χ1n) is 8.99. The molecule has 0 fully saturated rings. The van der Waals surface area contributed by atoms with Crippen molar-refractivity contribution >= 4 is 35.0 Å². The SMILES string of the molecule is O=C(NNC(=O)c1ccc(Cl)cc1Cl)c1cccc(OCCOc2ccccc2)c1. The molecular formula is C22H18Cl2N2O4. The number of carbonyl (C=O) groups is 2. The van der Waals surface area contributed by atoms with E-state index >= 15 is 0 Å². The molecule has 6 nitrogen and oxygen atoms in total. The molecule has 0 bridgehead atoms. The number of halogens is 2. The maximum absolute atomic E-state index is 12.3. The predicted molar refractivity (Wildman–Crippen MR) is 115 cm³/mol. The lowest BCUT2D eigenvalue weighted by molar-refractivity contribution is 0.0846. The lowest BCUT2D eigenvalue weighted by Crippen LogP contribution is -2.41. The third-order valence-electron chi connectivity index (χ3n) is 3.93. The van der Waals surface area contributed by atoms with Crippen molar-refractivity contribution in [2.45, 2.75) is 0 Å². The van der Waals surface area contributed by atoms with Crippen molar-refractivity contribution in [3.8, 4) is 11.5 Å². The molecule has 0 aliphatic heterocycles. The fourth-order valence-corrected chi connectivity index (χ4v) is 2.98. The van der Waals surface area contributed by atoms with Crippen molar-refractivity contribution < 1.29 is 19.1 Å². The molecule has 0 heterocycles. The average molecular weight is 445 g/mol. The van der Waals surface area contributed by atoms with Gasteiger partial charge in [-0.2, -0.15) is 0 Å². The molecule has 2 amide bonds. The third kappa shape index (κ3) is 6.14. The van der Waals surface area contributed by atoms with Crippen LogP contribution in [-0.4, -0.2) is 25.0 Å². The van der Waals surface area contributed by atoms with Crippen LogP contribution in [0, 0.1) is 0 Å². The van der Waals surface area contributed by atoms with Gasteiger partial charge in [0.15, 0.2) is 0 Å². The van der Waals surface area contributed by atoms with Crippen LogP contribution in [0.4, 0.5) is 0 Å². The van der Waals surface area contributed by atoms with Gasteiger partial charge in [0.2, 0.25) is 0 Å². The summed E-state index contributed by atoms with van der Waals surface area (Å²) in [4.78, 5) is 24.5. The van der Waals surface area contributed by atoms with E-state index in [1.165, 1.54) is 18.2 Å². The summed E-state index contributed by atoms with van der Waals surface area (Å²) >= 11 is 11.8. The van der Waals surface area contributed by atoms with Crippen molar-refractivity contribution in [2.24, 2.45) is 0 Å². The van der Waals surface area contributed by atoms with Crippen molar-refractivity contribution in [3.05, 3.63) is 94.0 Å². The Balaban J connectivity index is 1.49. The largest absolute Gasteiger partial charge is 0.490 e. The van der Waals surface area contributed by atoms with E-state index in [-0.39, 0.29) is 10.6 Å². The number of hydrogen-bond acceptors (Lipinski definition) is 4. The number of amides is 2. The summed E-state index contributed by atoms with van der Waals surface area (Å²) in [6.45, 7) is 0.671. The maximum atomic E-state index is 12.3. The molecule has 3 rings (SSSR count). The Morgan fingerprint density at radius 2 is 1.40 bits per heavy atom. The first-order valence-corrected chi connectivity index (χ1v) is 9.75. The minimum atomic E-state index is -0.560. The molecule has 0 spiro atoms. The number of para-hydroxylation sites is 1. The molecule has 154 valence electrons. The minimum Gasteiger partial charge on any atom is -0.490 e. The molecule has 0 aromatic heterocycles. The predicted octanol–water partition coefficient (Wildman–Crippen LogP) is 4.53. The highest BCUT2D eigenvalue weighted by atomic mass is 35.5. The lowest BCUT2D eigenvalue weighted by Gasteiger charge is -2.11. The highest BCUT2D eigenvalue weighted by Crippen LogP contribution is 2.20. The monoisotopic (exact) mass is 444 g/mol. The third-order valence-corrected chi connectivity index (χ3v) is 4.47. The van der Waals surface area contributed by atoms with E-state index in [1.807, 2.05) is 30.3 Å². The zero-order chi connectivity index (χ0) is 21.3. The number of hydrogen-bond donors (Lipinski definition) is 2. The Labute approximate surface area is 183 Å². The standard InChI is InChI=1S/C22H18Cl2N2O4/c23-16-9-10-19(20(24)14-16)22(28)26-25-21(27)15-5-4-8-18(13-15)30-12-11-29-17-6-2-1-3-7-17/h1-10,13-14H,11-12H2,(H,25,27)(H,26,28). The molecule has 2 N–H and O–H groups in total. The normalized spacial score (nSPS) is 10.2. The van der Waals surface area contributed by atoms with E-state index in [0.29, 0.717) is 29.5 Å². The Morgan fingerprint density at radius 1 is 0.733 bits per heavy atom. The highest BCUT2D eigenvalue weighted by molar-refractivity contribution is 6.36. The number of carbonyl (C=O) groups excluding carboxylic acids is 2. The van der Waals surface area contributed by atoms with E-state index < -0.39 is 11.8 Å². The molecule has 30 heavy (non-hydrogen) atoms. The smallest absolute Gasteiger partial charge is 0.271 e. The molecule has 0 unspecified atom stereocenters. The van der Waals surface area contributed by atoms with Gasteiger partial charge in [-0.25, -0.2) is 0 Å². The first-order chi connectivity index (χ1) is 14.5. The second kappa shape index (κ2) is 10.5. The Kier molecular flexibility index (Phi) is 7.54. The van der Waals surface area contributed by atoms with Crippen LogP contribution in [0.25, 0.3) is 0 Å². The van der Waals surface area contributed by atoms with Crippen LogP contribution in [0.1, 0.15) is 20.7 Å². The molecule has 0 saturated heterocycles. The molecule has 0 atom stereocenters. The van der Waals surface area contributed by atoms with Crippen molar-refractivity contribution in [1.82, 2.24) is 10.9 Å². The number of nitrogens with one attached hydrogen (secondary N) is 2. The lowest BCUT2D eigenvalue weighted by atomic mass is 10.2. The van der Waals surface area contributed by atoms with Crippen LogP contribution in [0.3, 0.4) is 0 Å². The van der Waals surface area contributed by atoms with Crippen molar-refractivity contribution in [1.29, 1.82) is 0 Å². The summed E-state index contributed by atoms with van der Waals surface area (Å²) < 4.78 is 11.2. The quantitative estimate of drug-likeness (QED) is 0.414. The van der Waals surface area contributed by atoms with E-state index in [1.54, 1.807) is 24.3 Å². The van der Waals surface area contributed by atoms with Crippen LogP contribution in [0.15, 0.2) is 72.8 Å². The van der Waals surface area contributed by atoms with Crippen molar-refractivity contribution in [3.63, 3.8) is 0 Å². The minimum absolute atomic E-state index is 0.183. The summed E-state index contributed by atoms with van der Waals surface area (Å²) in [7, 11) is 0. The van der Waals surface area contributed by atoms with Crippen LogP contribution >= 0.6 is 23.2 Å². The maximum Gasteiger partial charge on any atom is 0.271 e. The summed E-state index contributed by atoms with van der Waals surface area (Å²) in [6.07, 6.45) is 0. The number of ether oxygens (including phenoxy) is 2. The van der Waals surface area contributed by atoms with Crippen LogP contribution < -0.4 is 20.3 Å². The van der Waals surface area contributed by atoms with Gasteiger partial charge in [0.05, 0.1) is 10.6 Å². The molecule has 0 aliphatic carbocycles. The molecule has 8 heteroatoms. The second-order valence-electron chi connectivity index (χ2n) is 6.07. The van der Waals surface area contributed by atoms with Gasteiger partial charge in [0.25, 0.3) is 11.8 Å². The fourth-order valence-electron chi connectivity index (χ4n) is 2.49. The molecule has 0 aliphatic rings. The zero-order valence-corrected chi connectivity index (χ0v) is 17.2. The van der Waals surface area contributed by atoms with Gasteiger partial charge in [0.1, 0.15) is 24.7 Å². The van der Waals surface area contributed by atoms with Gasteiger partial charge in [-0.3, -0.25) is 20.4 Å². The van der Waals surface area contributed by atoms with Gasteiger partial charge in [0, 0.05) is 10.6 Å². The summed E-state index contributed by atoms with van der Waals surface area (Å²) in [6, 6.07) is 20.4. The molecular weight excluding hydrogens is 427 g/mol. The fraction of sp³-hybridized carbons (Fsp3) is 0.0909. The Hall–Kier alpha value is -3.22. The number of rotatable bonds is 7. The summed E-state index contributed by atoms with van der Waals surface area (Å²) in [5, 5.41) is 0.592. The van der Waals surface area contributed by atoms with Gasteiger partial charge in [-0.1, -0.05) is 47.5 Å².